The van der Waals surface area contributed by atoms with Crippen LogP contribution in [0.3, 0.4) is 0 Å². The molecule has 3 N–H and O–H groups in total. The standard InChI is InChI=1S/C15H23N3O3/c1-16-9-6-10-18(2)15(21)17-13(11-14(19)20)12-7-4-3-5-8-12/h3-5,7-8,13,16H,6,9-11H2,1-2H3,(H,17,21)(H,19,20). The molecule has 0 radical (unpaired) electrons. The molecule has 0 aliphatic carbocycles. The predicted molar refractivity (Wildman–Crippen MR) is 81.1 cm³/mol. The third-order valence-corrected chi connectivity index (χ3v) is 3.15. The summed E-state index contributed by atoms with van der Waals surface area (Å²) in [6, 6.07) is 8.35. The number of amides is 2. The second-order valence-electron chi connectivity index (χ2n) is 4.89. The second kappa shape index (κ2) is 8.97. The highest BCUT2D eigenvalue weighted by Gasteiger charge is 2.19. The fourth-order valence-corrected chi connectivity index (χ4v) is 1.97. The van der Waals surface area contributed by atoms with Crippen LogP contribution in [0.4, 0.5) is 4.79 Å². The molecule has 0 aliphatic rings. The molecule has 0 saturated carbocycles. The van der Waals surface area contributed by atoms with Gasteiger partial charge in [-0.05, 0) is 25.6 Å². The monoisotopic (exact) mass is 293 g/mol. The predicted octanol–water partition coefficient (Wildman–Crippen LogP) is 1.45. The number of nitrogens with one attached hydrogen (secondary N) is 2. The van der Waals surface area contributed by atoms with E-state index >= 15 is 0 Å². The minimum absolute atomic E-state index is 0.139. The quantitative estimate of drug-likeness (QED) is 0.634. The minimum atomic E-state index is -0.943. The van der Waals surface area contributed by atoms with Gasteiger partial charge in [0.25, 0.3) is 0 Å². The van der Waals surface area contributed by atoms with Crippen molar-refractivity contribution in [2.45, 2.75) is 18.9 Å². The molecule has 1 unspecified atom stereocenters. The molecule has 21 heavy (non-hydrogen) atoms. The molecule has 116 valence electrons. The Hall–Kier alpha value is -2.08. The zero-order valence-corrected chi connectivity index (χ0v) is 12.5. The number of hydrogen-bond acceptors (Lipinski definition) is 3. The lowest BCUT2D eigenvalue weighted by atomic mass is 10.0. The minimum Gasteiger partial charge on any atom is -0.481 e. The zero-order valence-electron chi connectivity index (χ0n) is 12.5. The molecule has 2 amide bonds. The first-order chi connectivity index (χ1) is 10.0. The van der Waals surface area contributed by atoms with E-state index in [0.717, 1.165) is 18.5 Å². The van der Waals surface area contributed by atoms with Crippen LogP contribution < -0.4 is 10.6 Å². The third kappa shape index (κ3) is 6.27. The Kier molecular flexibility index (Phi) is 7.25. The van der Waals surface area contributed by atoms with Crippen LogP contribution in [0.15, 0.2) is 30.3 Å². The molecule has 1 aromatic rings. The van der Waals surface area contributed by atoms with Gasteiger partial charge < -0.3 is 20.6 Å². The lowest BCUT2D eigenvalue weighted by Crippen LogP contribution is -2.40. The van der Waals surface area contributed by atoms with Gasteiger partial charge in [0.15, 0.2) is 0 Å². The van der Waals surface area contributed by atoms with E-state index in [0.29, 0.717) is 6.54 Å². The number of carboxylic acids is 1. The van der Waals surface area contributed by atoms with E-state index in [4.69, 9.17) is 5.11 Å². The fourth-order valence-electron chi connectivity index (χ4n) is 1.97. The number of urea groups is 1. The summed E-state index contributed by atoms with van der Waals surface area (Å²) < 4.78 is 0. The molecule has 1 rings (SSSR count). The molecule has 0 aromatic heterocycles. The molecule has 6 nitrogen and oxygen atoms in total. The van der Waals surface area contributed by atoms with Crippen molar-refractivity contribution in [2.24, 2.45) is 0 Å². The van der Waals surface area contributed by atoms with Gasteiger partial charge in [0, 0.05) is 13.6 Å². The second-order valence-corrected chi connectivity index (χ2v) is 4.89. The first-order valence-electron chi connectivity index (χ1n) is 6.97. The first-order valence-corrected chi connectivity index (χ1v) is 6.97. The summed E-state index contributed by atoms with van der Waals surface area (Å²) in [5, 5.41) is 14.8. The van der Waals surface area contributed by atoms with E-state index in [-0.39, 0.29) is 12.5 Å². The van der Waals surface area contributed by atoms with E-state index in [1.807, 2.05) is 37.4 Å². The van der Waals surface area contributed by atoms with Crippen molar-refractivity contribution in [1.29, 1.82) is 0 Å². The molecular weight excluding hydrogens is 270 g/mol. The Morgan fingerprint density at radius 1 is 1.29 bits per heavy atom. The topological polar surface area (TPSA) is 81.7 Å². The van der Waals surface area contributed by atoms with Gasteiger partial charge >= 0.3 is 12.0 Å². The molecular formula is C15H23N3O3. The van der Waals surface area contributed by atoms with Crippen molar-refractivity contribution in [3.05, 3.63) is 35.9 Å². The van der Waals surface area contributed by atoms with Crippen molar-refractivity contribution in [1.82, 2.24) is 15.5 Å². The van der Waals surface area contributed by atoms with E-state index in [2.05, 4.69) is 10.6 Å². The van der Waals surface area contributed by atoms with Crippen LogP contribution in [-0.2, 0) is 4.79 Å². The van der Waals surface area contributed by atoms with Crippen molar-refractivity contribution < 1.29 is 14.7 Å². The van der Waals surface area contributed by atoms with Gasteiger partial charge in [-0.1, -0.05) is 30.3 Å². The van der Waals surface area contributed by atoms with Crippen LogP contribution in [0.25, 0.3) is 0 Å². The van der Waals surface area contributed by atoms with E-state index < -0.39 is 12.0 Å². The van der Waals surface area contributed by atoms with E-state index in [9.17, 15) is 9.59 Å². The SMILES string of the molecule is CNCCCN(C)C(=O)NC(CC(=O)O)c1ccccc1. The molecule has 0 heterocycles. The van der Waals surface area contributed by atoms with Crippen LogP contribution in [-0.4, -0.2) is 49.2 Å². The molecule has 6 heteroatoms. The van der Waals surface area contributed by atoms with Crippen molar-refractivity contribution >= 4 is 12.0 Å². The lowest BCUT2D eigenvalue weighted by Gasteiger charge is -2.23. The highest BCUT2D eigenvalue weighted by atomic mass is 16.4. The summed E-state index contributed by atoms with van der Waals surface area (Å²) in [5.41, 5.74) is 0.789. The van der Waals surface area contributed by atoms with Crippen molar-refractivity contribution in [3.63, 3.8) is 0 Å². The van der Waals surface area contributed by atoms with E-state index in [1.165, 1.54) is 0 Å². The van der Waals surface area contributed by atoms with Crippen molar-refractivity contribution in [3.8, 4) is 0 Å². The Morgan fingerprint density at radius 2 is 1.95 bits per heavy atom. The Morgan fingerprint density at radius 3 is 2.52 bits per heavy atom. The number of carbonyl (C=O) groups is 2. The Balaban J connectivity index is 2.64. The largest absolute Gasteiger partial charge is 0.481 e. The fraction of sp³-hybridized carbons (Fsp3) is 0.467. The highest BCUT2D eigenvalue weighted by molar-refractivity contribution is 5.76. The summed E-state index contributed by atoms with van der Waals surface area (Å²) in [6.45, 7) is 1.44. The smallest absolute Gasteiger partial charge is 0.317 e. The molecule has 0 saturated heterocycles. The van der Waals surface area contributed by atoms with Gasteiger partial charge in [-0.25, -0.2) is 4.79 Å². The van der Waals surface area contributed by atoms with E-state index in [1.54, 1.807) is 11.9 Å². The number of hydrogen-bond donors (Lipinski definition) is 3. The molecule has 0 fully saturated rings. The van der Waals surface area contributed by atoms with Crippen LogP contribution in [0.1, 0.15) is 24.4 Å². The normalized spacial score (nSPS) is 11.7. The van der Waals surface area contributed by atoms with Gasteiger partial charge in [-0.2, -0.15) is 0 Å². The highest BCUT2D eigenvalue weighted by Crippen LogP contribution is 2.16. The maximum absolute atomic E-state index is 12.1. The molecule has 1 aromatic carbocycles. The summed E-state index contributed by atoms with van der Waals surface area (Å²) in [6.07, 6.45) is 0.704. The average Bonchev–Trinajstić information content (AvgIpc) is 2.47. The lowest BCUT2D eigenvalue weighted by molar-refractivity contribution is -0.137. The molecule has 0 aliphatic heterocycles. The number of nitrogens with zero attached hydrogens (tertiary/aromatic N) is 1. The number of carboxylic acid groups (broad SMARTS) is 1. The Labute approximate surface area is 125 Å². The molecule has 0 bridgehead atoms. The summed E-state index contributed by atoms with van der Waals surface area (Å²) in [4.78, 5) is 24.6. The van der Waals surface area contributed by atoms with Gasteiger partial charge in [0.05, 0.1) is 12.5 Å². The molecule has 1 atom stereocenters. The first kappa shape index (κ1) is 17.0. The summed E-state index contributed by atoms with van der Waals surface area (Å²) in [5.74, 6) is -0.943. The van der Waals surface area contributed by atoms with Crippen molar-refractivity contribution in [2.75, 3.05) is 27.2 Å². The average molecular weight is 293 g/mol. The Bertz CT molecular complexity index is 451. The van der Waals surface area contributed by atoms with Gasteiger partial charge in [-0.15, -0.1) is 0 Å². The van der Waals surface area contributed by atoms with Crippen LogP contribution >= 0.6 is 0 Å². The zero-order chi connectivity index (χ0) is 15.7. The summed E-state index contributed by atoms with van der Waals surface area (Å²) >= 11 is 0. The van der Waals surface area contributed by atoms with Crippen LogP contribution in [0.2, 0.25) is 0 Å². The third-order valence-electron chi connectivity index (χ3n) is 3.15. The van der Waals surface area contributed by atoms with Gasteiger partial charge in [0.2, 0.25) is 0 Å². The number of aliphatic carboxylic acids is 1. The van der Waals surface area contributed by atoms with Gasteiger partial charge in [-0.3, -0.25) is 4.79 Å². The number of carbonyl (C=O) groups excluding carboxylic acids is 1. The van der Waals surface area contributed by atoms with Crippen LogP contribution in [0.5, 0.6) is 0 Å². The maximum atomic E-state index is 12.1. The molecule has 0 spiro atoms. The van der Waals surface area contributed by atoms with Crippen LogP contribution in [0, 0.1) is 0 Å². The number of benzene rings is 1. The van der Waals surface area contributed by atoms with Gasteiger partial charge in [0.1, 0.15) is 0 Å². The summed E-state index contributed by atoms with van der Waals surface area (Å²) in [7, 11) is 3.56. The maximum Gasteiger partial charge on any atom is 0.317 e. The number of rotatable bonds is 8.